The smallest absolute Gasteiger partial charge is 0.312 e. The lowest BCUT2D eigenvalue weighted by atomic mass is 9.78. The first-order valence-corrected chi connectivity index (χ1v) is 18.3. The van der Waals surface area contributed by atoms with Gasteiger partial charge in [-0.05, 0) is 25.3 Å². The van der Waals surface area contributed by atoms with Gasteiger partial charge in [0.1, 0.15) is 23.4 Å². The van der Waals surface area contributed by atoms with E-state index in [9.17, 15) is 39.9 Å². The second-order valence-electron chi connectivity index (χ2n) is 14.5. The highest BCUT2D eigenvalue weighted by Gasteiger charge is 2.50. The summed E-state index contributed by atoms with van der Waals surface area (Å²) in [7, 11) is 3.90. The SMILES string of the molecule is CO[C@H]1/C=C/O[C@@]2(C)Oc3c(C)c(O)c4c(O)c(c(/C=N/N(OC)OC)c(O)c4c3C2=O)NC(=O)/C(C)=C/C=C/[C@H](C)[C@H](O)[C@@H](C)[C@@H](O)[C@@H](C)[C@H](OC(C)=O)[C@@H]1C. The molecule has 2 aromatic rings. The van der Waals surface area contributed by atoms with Crippen LogP contribution < -0.4 is 10.1 Å². The van der Waals surface area contributed by atoms with Gasteiger partial charge in [-0.15, -0.1) is 5.10 Å². The van der Waals surface area contributed by atoms with Crippen LogP contribution in [0, 0.1) is 30.6 Å². The molecule has 312 valence electrons. The van der Waals surface area contributed by atoms with Crippen molar-refractivity contribution in [3.05, 3.63) is 52.8 Å². The Morgan fingerprint density at radius 2 is 1.58 bits per heavy atom. The number of rotatable bonds is 6. The van der Waals surface area contributed by atoms with Crippen LogP contribution in [0.1, 0.15) is 70.0 Å². The zero-order valence-corrected chi connectivity index (χ0v) is 33.9. The predicted octanol–water partition coefficient (Wildman–Crippen LogP) is 4.51. The van der Waals surface area contributed by atoms with Gasteiger partial charge in [-0.3, -0.25) is 14.4 Å². The van der Waals surface area contributed by atoms with Gasteiger partial charge in [0.2, 0.25) is 0 Å². The fourth-order valence-corrected chi connectivity index (χ4v) is 7.15. The molecule has 5 rings (SSSR count). The molecule has 3 heterocycles. The number of hydrogen-bond donors (Lipinski definition) is 6. The van der Waals surface area contributed by atoms with E-state index in [2.05, 4.69) is 10.4 Å². The Bertz CT molecular complexity index is 1990. The average molecular weight is 800 g/mol. The molecule has 0 aliphatic carbocycles. The van der Waals surface area contributed by atoms with Gasteiger partial charge in [0, 0.05) is 61.2 Å². The fraction of sp³-hybridized carbons (Fsp3) is 0.500. The molecule has 57 heavy (non-hydrogen) atoms. The number of carbonyl (C=O) groups is 3. The maximum Gasteiger partial charge on any atom is 0.312 e. The molecule has 0 aromatic heterocycles. The second kappa shape index (κ2) is 17.9. The summed E-state index contributed by atoms with van der Waals surface area (Å²) in [5.41, 5.74) is -0.815. The highest BCUT2D eigenvalue weighted by molar-refractivity contribution is 6.23. The van der Waals surface area contributed by atoms with Gasteiger partial charge < -0.3 is 49.8 Å². The number of Topliss-reactive ketones (excluding diaryl/α,β-unsaturated/α-hetero) is 1. The molecule has 3 aliphatic rings. The number of phenolic OH excluding ortho intramolecular Hbond substituents is 3. The minimum atomic E-state index is -2.08. The van der Waals surface area contributed by atoms with E-state index in [0.717, 1.165) is 6.21 Å². The van der Waals surface area contributed by atoms with E-state index in [1.165, 1.54) is 67.4 Å². The molecule has 0 saturated heterocycles. The quantitative estimate of drug-likeness (QED) is 0.0775. The van der Waals surface area contributed by atoms with Crippen molar-refractivity contribution in [3.8, 4) is 23.0 Å². The molecule has 0 radical (unpaired) electrons. The van der Waals surface area contributed by atoms with Crippen molar-refractivity contribution in [3.63, 3.8) is 0 Å². The molecule has 17 nitrogen and oxygen atoms in total. The van der Waals surface area contributed by atoms with Crippen LogP contribution in [0.2, 0.25) is 0 Å². The number of aliphatic hydroxyl groups excluding tert-OH is 2. The Morgan fingerprint density at radius 3 is 2.18 bits per heavy atom. The van der Waals surface area contributed by atoms with E-state index in [0.29, 0.717) is 5.34 Å². The number of aromatic hydroxyl groups is 3. The number of benzene rings is 2. The lowest BCUT2D eigenvalue weighted by molar-refractivity contribution is -0.343. The summed E-state index contributed by atoms with van der Waals surface area (Å²) in [5, 5.41) is 64.4. The van der Waals surface area contributed by atoms with Crippen molar-refractivity contribution in [1.82, 2.24) is 5.34 Å². The molecule has 0 saturated carbocycles. The van der Waals surface area contributed by atoms with Crippen LogP contribution in [-0.2, 0) is 33.5 Å². The molecule has 0 unspecified atom stereocenters. The average Bonchev–Trinajstić information content (AvgIpc) is 3.44. The number of fused-ring (bicyclic) bond motifs is 14. The zero-order valence-electron chi connectivity index (χ0n) is 33.9. The van der Waals surface area contributed by atoms with Crippen molar-refractivity contribution in [2.75, 3.05) is 26.6 Å². The fourth-order valence-electron chi connectivity index (χ4n) is 7.15. The molecule has 6 N–H and O–H groups in total. The predicted molar refractivity (Wildman–Crippen MR) is 207 cm³/mol. The number of carbonyl (C=O) groups excluding carboxylic acids is 3. The first-order valence-electron chi connectivity index (χ1n) is 18.3. The Labute approximate surface area is 330 Å². The molecule has 0 fully saturated rings. The Morgan fingerprint density at radius 1 is 0.930 bits per heavy atom. The molecule has 2 aromatic carbocycles. The number of allylic oxidation sites excluding steroid dienone is 2. The molecule has 0 spiro atoms. The zero-order chi connectivity index (χ0) is 42.7. The molecule has 9 atom stereocenters. The van der Waals surface area contributed by atoms with E-state index in [1.54, 1.807) is 39.8 Å². The highest BCUT2D eigenvalue weighted by Crippen LogP contribution is 2.55. The summed E-state index contributed by atoms with van der Waals surface area (Å²) in [6.07, 6.45) is 4.32. The normalized spacial score (nSPS) is 30.7. The van der Waals surface area contributed by atoms with E-state index in [4.69, 9.17) is 28.6 Å². The van der Waals surface area contributed by atoms with Crippen molar-refractivity contribution >= 4 is 40.3 Å². The number of ether oxygens (including phenoxy) is 4. The Kier molecular flexibility index (Phi) is 14.0. The largest absolute Gasteiger partial charge is 0.507 e. The number of amides is 1. The summed E-state index contributed by atoms with van der Waals surface area (Å²) < 4.78 is 23.4. The summed E-state index contributed by atoms with van der Waals surface area (Å²) in [6, 6.07) is 0. The number of ketones is 1. The number of hydrazone groups is 1. The van der Waals surface area contributed by atoms with Crippen LogP contribution in [0.5, 0.6) is 23.0 Å². The number of phenols is 3. The van der Waals surface area contributed by atoms with E-state index in [1.807, 2.05) is 0 Å². The minimum absolute atomic E-state index is 0.0120. The van der Waals surface area contributed by atoms with Gasteiger partial charge in [0.25, 0.3) is 11.7 Å². The van der Waals surface area contributed by atoms with E-state index < -0.39 is 88.8 Å². The van der Waals surface area contributed by atoms with Crippen LogP contribution in [0.25, 0.3) is 10.8 Å². The molecule has 3 aliphatic heterocycles. The summed E-state index contributed by atoms with van der Waals surface area (Å²) >= 11 is 0. The lowest BCUT2D eigenvalue weighted by Gasteiger charge is -2.38. The van der Waals surface area contributed by atoms with Crippen LogP contribution in [-0.4, -0.2) is 106 Å². The summed E-state index contributed by atoms with van der Waals surface area (Å²) in [5.74, 6) is -8.91. The van der Waals surface area contributed by atoms with Gasteiger partial charge in [0.05, 0.1) is 67.2 Å². The third-order valence-electron chi connectivity index (χ3n) is 10.6. The third kappa shape index (κ3) is 8.72. The number of esters is 1. The van der Waals surface area contributed by atoms with Gasteiger partial charge >= 0.3 is 11.8 Å². The standard InChI is InChI=1S/C40H53N3O14/c1-18-13-12-14-19(2)39(51)42-30-25(17-41-43(53-10)54-11)34(48)27-28(35(30)49)33(47)23(6)37-29(27)38(50)40(8,57-37)55-16-15-26(52-9)20(3)36(56-24(7)44)22(5)32(46)21(4)31(18)45/h12-18,20-22,26,31-32,36,45-49H,1-11H3,(H,42,51)/b13-12+,16-15+,19-14+,41-17+/t18-,20+,21+,22+,26-,31-,32+,36+,40-/m0/s1. The topological polar surface area (TPSA) is 235 Å². The molecular formula is C40H53N3O14. The highest BCUT2D eigenvalue weighted by atomic mass is 17.0. The van der Waals surface area contributed by atoms with Crippen molar-refractivity contribution in [2.45, 2.75) is 85.6 Å². The van der Waals surface area contributed by atoms with Crippen molar-refractivity contribution < 1.29 is 68.5 Å². The number of methoxy groups -OCH3 is 1. The van der Waals surface area contributed by atoms with Crippen LogP contribution in [0.15, 0.2) is 41.2 Å². The Hall–Kier alpha value is -5.20. The minimum Gasteiger partial charge on any atom is -0.507 e. The van der Waals surface area contributed by atoms with Crippen molar-refractivity contribution in [2.24, 2.45) is 28.8 Å². The van der Waals surface area contributed by atoms with Crippen molar-refractivity contribution in [1.29, 1.82) is 0 Å². The van der Waals surface area contributed by atoms with E-state index in [-0.39, 0.29) is 44.5 Å². The Balaban J connectivity index is 1.99. The maximum absolute atomic E-state index is 14.3. The molecule has 5 bridgehead atoms. The van der Waals surface area contributed by atoms with Gasteiger partial charge in [-0.25, -0.2) is 9.68 Å². The van der Waals surface area contributed by atoms with Gasteiger partial charge in [-0.1, -0.05) is 45.9 Å². The van der Waals surface area contributed by atoms with E-state index >= 15 is 0 Å². The number of hydrogen-bond acceptors (Lipinski definition) is 16. The van der Waals surface area contributed by atoms with Crippen LogP contribution >= 0.6 is 0 Å². The second-order valence-corrected chi connectivity index (χ2v) is 14.5. The summed E-state index contributed by atoms with van der Waals surface area (Å²) in [6.45, 7) is 12.3. The monoisotopic (exact) mass is 799 g/mol. The number of aliphatic hydroxyl groups is 2. The maximum atomic E-state index is 14.3. The van der Waals surface area contributed by atoms with Crippen LogP contribution in [0.3, 0.4) is 0 Å². The number of nitrogens with one attached hydrogen (secondary N) is 1. The summed E-state index contributed by atoms with van der Waals surface area (Å²) in [4.78, 5) is 50.2. The van der Waals surface area contributed by atoms with Crippen LogP contribution in [0.4, 0.5) is 5.69 Å². The number of anilines is 1. The third-order valence-corrected chi connectivity index (χ3v) is 10.6. The van der Waals surface area contributed by atoms with Gasteiger partial charge in [-0.2, -0.15) is 0 Å². The lowest BCUT2D eigenvalue weighted by Crippen LogP contribution is -2.46. The molecule has 1 amide bonds. The first kappa shape index (κ1) is 44.5. The number of nitrogens with zero attached hydrogens (tertiary/aromatic N) is 2. The van der Waals surface area contributed by atoms with Gasteiger partial charge in [0.15, 0.2) is 5.75 Å². The molecule has 17 heteroatoms. The first-order chi connectivity index (χ1) is 26.8. The molecular weight excluding hydrogens is 746 g/mol.